The van der Waals surface area contributed by atoms with E-state index in [0.717, 1.165) is 17.8 Å². The van der Waals surface area contributed by atoms with Crippen molar-refractivity contribution in [1.29, 1.82) is 0 Å². The van der Waals surface area contributed by atoms with Crippen LogP contribution in [0.4, 0.5) is 0 Å². The van der Waals surface area contributed by atoms with E-state index in [9.17, 15) is 0 Å². The lowest BCUT2D eigenvalue weighted by molar-refractivity contribution is 0.299. The Morgan fingerprint density at radius 1 is 1.38 bits per heavy atom. The van der Waals surface area contributed by atoms with Gasteiger partial charge >= 0.3 is 0 Å². The van der Waals surface area contributed by atoms with Gasteiger partial charge in [0.1, 0.15) is 0 Å². The van der Waals surface area contributed by atoms with Crippen LogP contribution in [0.3, 0.4) is 0 Å². The minimum atomic E-state index is 0.580. The summed E-state index contributed by atoms with van der Waals surface area (Å²) >= 11 is 0. The van der Waals surface area contributed by atoms with E-state index in [1.807, 2.05) is 13.8 Å². The molecule has 0 aromatic carbocycles. The highest BCUT2D eigenvalue weighted by atomic mass is 16.5. The molecule has 0 aliphatic rings. The van der Waals surface area contributed by atoms with Gasteiger partial charge in [0, 0.05) is 0 Å². The largest absolute Gasteiger partial charge is 0.477 e. The highest BCUT2D eigenvalue weighted by Gasteiger charge is 1.99. The Balaban J connectivity index is 2.53. The summed E-state index contributed by atoms with van der Waals surface area (Å²) in [4.78, 5) is 8.36. The average molecular weight is 181 g/mol. The molecular formula is C9H15N3O. The normalized spacial score (nSPS) is 10.1. The Hall–Kier alpha value is -1.16. The molecule has 0 bridgehead atoms. The second kappa shape index (κ2) is 4.77. The van der Waals surface area contributed by atoms with Crippen molar-refractivity contribution in [1.82, 2.24) is 9.97 Å². The molecule has 0 fully saturated rings. The zero-order chi connectivity index (χ0) is 9.68. The molecule has 13 heavy (non-hydrogen) atoms. The van der Waals surface area contributed by atoms with E-state index in [4.69, 9.17) is 10.5 Å². The zero-order valence-electron chi connectivity index (χ0n) is 8.08. The Bertz CT molecular complexity index is 276. The van der Waals surface area contributed by atoms with Crippen LogP contribution in [0, 0.1) is 13.8 Å². The number of hydrogen-bond acceptors (Lipinski definition) is 4. The maximum atomic E-state index is 5.33. The predicted molar refractivity (Wildman–Crippen MR) is 50.7 cm³/mol. The lowest BCUT2D eigenvalue weighted by atomic mass is 10.3. The van der Waals surface area contributed by atoms with Gasteiger partial charge in [-0.15, -0.1) is 0 Å². The van der Waals surface area contributed by atoms with E-state index >= 15 is 0 Å². The zero-order valence-corrected chi connectivity index (χ0v) is 8.08. The van der Waals surface area contributed by atoms with Crippen LogP contribution >= 0.6 is 0 Å². The van der Waals surface area contributed by atoms with E-state index in [2.05, 4.69) is 9.97 Å². The van der Waals surface area contributed by atoms with E-state index in [-0.39, 0.29) is 0 Å². The third kappa shape index (κ3) is 2.99. The van der Waals surface area contributed by atoms with E-state index in [1.54, 1.807) is 6.20 Å². The molecule has 0 amide bonds. The molecule has 72 valence electrons. The summed E-state index contributed by atoms with van der Waals surface area (Å²) in [5.74, 6) is 0.580. The molecule has 0 aliphatic heterocycles. The molecule has 0 saturated carbocycles. The van der Waals surface area contributed by atoms with Crippen molar-refractivity contribution in [2.75, 3.05) is 13.2 Å². The fraction of sp³-hybridized carbons (Fsp3) is 0.556. The molecule has 1 aromatic rings. The van der Waals surface area contributed by atoms with Gasteiger partial charge in [0.15, 0.2) is 0 Å². The molecule has 1 rings (SSSR count). The first-order chi connectivity index (χ1) is 6.24. The van der Waals surface area contributed by atoms with Gasteiger partial charge in [-0.05, 0) is 26.8 Å². The van der Waals surface area contributed by atoms with Crippen molar-refractivity contribution >= 4 is 0 Å². The van der Waals surface area contributed by atoms with Gasteiger partial charge in [-0.3, -0.25) is 4.98 Å². The summed E-state index contributed by atoms with van der Waals surface area (Å²) < 4.78 is 5.33. The summed E-state index contributed by atoms with van der Waals surface area (Å²) in [6.07, 6.45) is 2.48. The molecule has 4 heteroatoms. The predicted octanol–water partition coefficient (Wildman–Crippen LogP) is 0.821. The topological polar surface area (TPSA) is 61.0 Å². The number of aromatic nitrogens is 2. The molecule has 1 aromatic heterocycles. The standard InChI is InChI=1S/C9H15N3O/c1-7-8(2)12-9(6-11-7)13-5-3-4-10/h6H,3-5,10H2,1-2H3. The fourth-order valence-electron chi connectivity index (χ4n) is 0.850. The van der Waals surface area contributed by atoms with Crippen LogP contribution in [-0.2, 0) is 0 Å². The van der Waals surface area contributed by atoms with Crippen LogP contribution in [-0.4, -0.2) is 23.1 Å². The minimum Gasteiger partial charge on any atom is -0.477 e. The number of aryl methyl sites for hydroxylation is 2. The average Bonchev–Trinajstić information content (AvgIpc) is 2.12. The SMILES string of the molecule is Cc1ncc(OCCCN)nc1C. The highest BCUT2D eigenvalue weighted by molar-refractivity contribution is 5.14. The van der Waals surface area contributed by atoms with Crippen LogP contribution in [0.2, 0.25) is 0 Å². The highest BCUT2D eigenvalue weighted by Crippen LogP contribution is 2.07. The van der Waals surface area contributed by atoms with Gasteiger partial charge in [0.25, 0.3) is 0 Å². The quantitative estimate of drug-likeness (QED) is 0.698. The van der Waals surface area contributed by atoms with Crippen molar-refractivity contribution in [3.63, 3.8) is 0 Å². The summed E-state index contributed by atoms with van der Waals surface area (Å²) in [7, 11) is 0. The van der Waals surface area contributed by atoms with Crippen LogP contribution < -0.4 is 10.5 Å². The Labute approximate surface area is 78.1 Å². The van der Waals surface area contributed by atoms with Gasteiger partial charge in [-0.1, -0.05) is 0 Å². The van der Waals surface area contributed by atoms with Crippen LogP contribution in [0.25, 0.3) is 0 Å². The molecule has 1 heterocycles. The molecule has 4 nitrogen and oxygen atoms in total. The Kier molecular flexibility index (Phi) is 3.64. The molecule has 0 aliphatic carbocycles. The first kappa shape index (κ1) is 9.92. The molecule has 0 atom stereocenters. The van der Waals surface area contributed by atoms with E-state index in [1.165, 1.54) is 0 Å². The second-order valence-corrected chi connectivity index (χ2v) is 2.87. The van der Waals surface area contributed by atoms with Crippen LogP contribution in [0.1, 0.15) is 17.8 Å². The first-order valence-corrected chi connectivity index (χ1v) is 4.37. The van der Waals surface area contributed by atoms with Crippen molar-refractivity contribution in [3.8, 4) is 5.88 Å². The number of rotatable bonds is 4. The van der Waals surface area contributed by atoms with Gasteiger partial charge < -0.3 is 10.5 Å². The Morgan fingerprint density at radius 3 is 2.77 bits per heavy atom. The molecule has 0 saturated heterocycles. The number of nitrogens with two attached hydrogens (primary N) is 1. The summed E-state index contributed by atoms with van der Waals surface area (Å²) in [5, 5.41) is 0. The number of hydrogen-bond donors (Lipinski definition) is 1. The number of nitrogens with zero attached hydrogens (tertiary/aromatic N) is 2. The molecule has 0 unspecified atom stereocenters. The lowest BCUT2D eigenvalue weighted by Crippen LogP contribution is -2.07. The molecule has 0 spiro atoms. The van der Waals surface area contributed by atoms with Crippen LogP contribution in [0.5, 0.6) is 5.88 Å². The van der Waals surface area contributed by atoms with Crippen molar-refractivity contribution in [3.05, 3.63) is 17.6 Å². The maximum absolute atomic E-state index is 5.33. The maximum Gasteiger partial charge on any atom is 0.232 e. The molecule has 0 radical (unpaired) electrons. The first-order valence-electron chi connectivity index (χ1n) is 4.37. The number of ether oxygens (including phenoxy) is 1. The second-order valence-electron chi connectivity index (χ2n) is 2.87. The third-order valence-corrected chi connectivity index (χ3v) is 1.77. The van der Waals surface area contributed by atoms with Crippen molar-refractivity contribution in [2.45, 2.75) is 20.3 Å². The van der Waals surface area contributed by atoms with Gasteiger partial charge in [-0.2, -0.15) is 0 Å². The minimum absolute atomic E-state index is 0.580. The smallest absolute Gasteiger partial charge is 0.232 e. The van der Waals surface area contributed by atoms with Gasteiger partial charge in [-0.25, -0.2) is 4.98 Å². The third-order valence-electron chi connectivity index (χ3n) is 1.77. The van der Waals surface area contributed by atoms with Crippen molar-refractivity contribution in [2.24, 2.45) is 5.73 Å². The van der Waals surface area contributed by atoms with E-state index < -0.39 is 0 Å². The van der Waals surface area contributed by atoms with E-state index in [0.29, 0.717) is 19.0 Å². The lowest BCUT2D eigenvalue weighted by Gasteiger charge is -2.05. The molecule has 2 N–H and O–H groups in total. The summed E-state index contributed by atoms with van der Waals surface area (Å²) in [6.45, 7) is 5.08. The summed E-state index contributed by atoms with van der Waals surface area (Å²) in [5.41, 5.74) is 7.17. The van der Waals surface area contributed by atoms with Gasteiger partial charge in [0.05, 0.1) is 24.2 Å². The summed E-state index contributed by atoms with van der Waals surface area (Å²) in [6, 6.07) is 0. The Morgan fingerprint density at radius 2 is 2.15 bits per heavy atom. The fourth-order valence-corrected chi connectivity index (χ4v) is 0.850. The van der Waals surface area contributed by atoms with Gasteiger partial charge in [0.2, 0.25) is 5.88 Å². The van der Waals surface area contributed by atoms with Crippen LogP contribution in [0.15, 0.2) is 6.20 Å². The molecular weight excluding hydrogens is 166 g/mol. The van der Waals surface area contributed by atoms with Crippen molar-refractivity contribution < 1.29 is 4.74 Å². The monoisotopic (exact) mass is 181 g/mol.